The number of aryl methyl sites for hydroxylation is 2. The van der Waals surface area contributed by atoms with Crippen molar-refractivity contribution in [2.75, 3.05) is 6.26 Å². The maximum absolute atomic E-state index is 16.0. The minimum atomic E-state index is -3.40. The van der Waals surface area contributed by atoms with Crippen molar-refractivity contribution in [2.45, 2.75) is 37.0 Å². The van der Waals surface area contributed by atoms with Crippen LogP contribution in [0.2, 0.25) is 5.02 Å². The number of nitrogens with one attached hydrogen (secondary N) is 1. The van der Waals surface area contributed by atoms with E-state index in [1.54, 1.807) is 26.1 Å². The predicted octanol–water partition coefficient (Wildman–Crippen LogP) is 6.15. The minimum Gasteiger partial charge on any atom is -0.277 e. The van der Waals surface area contributed by atoms with E-state index >= 15 is 8.78 Å². The average molecular weight is 541 g/mol. The predicted molar refractivity (Wildman–Crippen MR) is 139 cm³/mol. The zero-order valence-corrected chi connectivity index (χ0v) is 21.8. The van der Waals surface area contributed by atoms with E-state index < -0.39 is 26.9 Å². The lowest BCUT2D eigenvalue weighted by Crippen LogP contribution is -2.24. The first kappa shape index (κ1) is 25.2. The zero-order chi connectivity index (χ0) is 26.6. The van der Waals surface area contributed by atoms with Crippen molar-refractivity contribution in [3.05, 3.63) is 104 Å². The van der Waals surface area contributed by atoms with Gasteiger partial charge in [0.25, 0.3) is 5.56 Å². The molecule has 1 N–H and O–H groups in total. The lowest BCUT2D eigenvalue weighted by molar-refractivity contribution is 0.586. The van der Waals surface area contributed by atoms with E-state index in [1.165, 1.54) is 29.0 Å². The first-order valence-corrected chi connectivity index (χ1v) is 13.9. The van der Waals surface area contributed by atoms with Gasteiger partial charge < -0.3 is 0 Å². The van der Waals surface area contributed by atoms with Crippen LogP contribution in [0.3, 0.4) is 0 Å². The summed E-state index contributed by atoms with van der Waals surface area (Å²) in [5.74, 6) is -1.72. The van der Waals surface area contributed by atoms with Gasteiger partial charge in [0.2, 0.25) is 0 Å². The van der Waals surface area contributed by atoms with Crippen molar-refractivity contribution in [3.63, 3.8) is 0 Å². The number of benzene rings is 1. The van der Waals surface area contributed by atoms with Gasteiger partial charge in [-0.3, -0.25) is 19.3 Å². The van der Waals surface area contributed by atoms with Crippen LogP contribution < -0.4 is 5.56 Å². The van der Waals surface area contributed by atoms with Gasteiger partial charge >= 0.3 is 0 Å². The molecule has 0 amide bonds. The van der Waals surface area contributed by atoms with Crippen LogP contribution in [0.1, 0.15) is 40.8 Å². The van der Waals surface area contributed by atoms with Gasteiger partial charge in [-0.1, -0.05) is 23.7 Å². The molecule has 1 unspecified atom stereocenters. The molecule has 1 aliphatic carbocycles. The second-order valence-electron chi connectivity index (χ2n) is 9.31. The summed E-state index contributed by atoms with van der Waals surface area (Å²) in [5.41, 5.74) is 1.16. The van der Waals surface area contributed by atoms with E-state index in [-0.39, 0.29) is 38.7 Å². The topological polar surface area (TPSA) is 88.7 Å². The first-order valence-electron chi connectivity index (χ1n) is 11.5. The van der Waals surface area contributed by atoms with Gasteiger partial charge in [0.05, 0.1) is 20.3 Å². The van der Waals surface area contributed by atoms with E-state index in [4.69, 9.17) is 16.4 Å². The Bertz CT molecular complexity index is 1720. The molecule has 0 radical (unpaired) electrons. The summed E-state index contributed by atoms with van der Waals surface area (Å²) in [6.45, 7) is 3.28. The molecule has 4 aromatic rings. The molecule has 3 aromatic heterocycles. The Balaban J connectivity index is 1.63. The van der Waals surface area contributed by atoms with E-state index in [1.807, 2.05) is 18.2 Å². The monoisotopic (exact) mass is 540 g/mol. The fourth-order valence-corrected chi connectivity index (χ4v) is 5.83. The van der Waals surface area contributed by atoms with E-state index in [2.05, 4.69) is 9.97 Å². The van der Waals surface area contributed by atoms with Gasteiger partial charge in [-0.05, 0) is 67.6 Å². The normalized spacial score (nSPS) is 18.4. The van der Waals surface area contributed by atoms with Crippen LogP contribution in [0.4, 0.5) is 8.78 Å². The molecule has 1 aliphatic rings. The summed E-state index contributed by atoms with van der Waals surface area (Å²) in [4.78, 5) is 21.6. The van der Waals surface area contributed by atoms with Gasteiger partial charge in [-0.2, -0.15) is 0 Å². The third-order valence-corrected chi connectivity index (χ3v) is 8.19. The lowest BCUT2D eigenvalue weighted by Gasteiger charge is -2.18. The number of rotatable bonds is 5. The second kappa shape index (κ2) is 9.15. The zero-order valence-electron chi connectivity index (χ0n) is 20.3. The number of hydrogen-bond acceptors (Lipinski definition) is 5. The third kappa shape index (κ3) is 4.36. The summed E-state index contributed by atoms with van der Waals surface area (Å²) in [7, 11) is -3.40. The Morgan fingerprint density at radius 3 is 2.51 bits per heavy atom. The highest BCUT2D eigenvalue weighted by atomic mass is 35.5. The fourth-order valence-electron chi connectivity index (χ4n) is 4.76. The van der Waals surface area contributed by atoms with Gasteiger partial charge in [0, 0.05) is 41.5 Å². The second-order valence-corrected chi connectivity index (χ2v) is 11.8. The fraction of sp³-hybridized carbons (Fsp3) is 0.222. The molecule has 1 aromatic carbocycles. The molecule has 0 bridgehead atoms. The van der Waals surface area contributed by atoms with Gasteiger partial charge in [0.1, 0.15) is 16.5 Å². The molecule has 10 heteroatoms. The lowest BCUT2D eigenvalue weighted by atomic mass is 10.1. The molecule has 3 heterocycles. The summed E-state index contributed by atoms with van der Waals surface area (Å²) in [5, 5.41) is -0.000649. The molecule has 1 saturated carbocycles. The molecular weight excluding hydrogens is 518 g/mol. The molecular formula is C27H23ClF2N4O2S. The highest BCUT2D eigenvalue weighted by Gasteiger charge is 2.42. The van der Waals surface area contributed by atoms with Crippen LogP contribution in [0.5, 0.6) is 0 Å². The highest BCUT2D eigenvalue weighted by molar-refractivity contribution is 7.91. The van der Waals surface area contributed by atoms with Crippen LogP contribution in [0.25, 0.3) is 16.9 Å². The maximum Gasteiger partial charge on any atom is 0.274 e. The van der Waals surface area contributed by atoms with Crippen molar-refractivity contribution in [3.8, 4) is 16.9 Å². The molecule has 0 aliphatic heterocycles. The Hall–Kier alpha value is -3.43. The van der Waals surface area contributed by atoms with Crippen molar-refractivity contribution in [2.24, 2.45) is 0 Å². The molecule has 190 valence electrons. The number of hydrogen-bond donors (Lipinski definition) is 1. The molecule has 37 heavy (non-hydrogen) atoms. The summed E-state index contributed by atoms with van der Waals surface area (Å²) in [6, 6.07) is 11.4. The highest BCUT2D eigenvalue weighted by Crippen LogP contribution is 2.55. The van der Waals surface area contributed by atoms with Crippen LogP contribution in [-0.2, 0) is 9.73 Å². The van der Waals surface area contributed by atoms with Gasteiger partial charge in [-0.25, -0.2) is 17.8 Å². The summed E-state index contributed by atoms with van der Waals surface area (Å²) in [6.07, 6.45) is 4.96. The van der Waals surface area contributed by atoms with E-state index in [9.17, 15) is 9.00 Å². The first-order chi connectivity index (χ1) is 17.5. The standard InChI is InChI=1S/C27H23ClF2N4O2S/c1-14-13-33-25(16-7-6-9-21(23(16)29)37(3,31)36)24(30)26(14)34-15(2)11-19(22(28)27(34)35)17-12-18(17)20-8-4-5-10-32-20/h4-11,13,17-18,31H,12H2,1-3H3/t17-,18-,37?/m0/s1. The van der Waals surface area contributed by atoms with Crippen molar-refractivity contribution < 1.29 is 13.0 Å². The molecule has 0 saturated heterocycles. The van der Waals surface area contributed by atoms with Crippen LogP contribution in [0, 0.1) is 30.3 Å². The van der Waals surface area contributed by atoms with Crippen molar-refractivity contribution in [1.29, 1.82) is 4.78 Å². The van der Waals surface area contributed by atoms with Gasteiger partial charge in [0.15, 0.2) is 5.82 Å². The van der Waals surface area contributed by atoms with Crippen molar-refractivity contribution in [1.82, 2.24) is 14.5 Å². The number of pyridine rings is 3. The van der Waals surface area contributed by atoms with Crippen molar-refractivity contribution >= 4 is 21.3 Å². The Labute approximate surface area is 218 Å². The molecule has 0 spiro atoms. The molecule has 3 atom stereocenters. The number of nitrogens with zero attached hydrogens (tertiary/aromatic N) is 3. The maximum atomic E-state index is 16.0. The molecule has 1 fully saturated rings. The molecule has 5 rings (SSSR count). The minimum absolute atomic E-state index is 0.000649. The third-order valence-electron chi connectivity index (χ3n) is 6.66. The molecule has 6 nitrogen and oxygen atoms in total. The summed E-state index contributed by atoms with van der Waals surface area (Å²) < 4.78 is 52.4. The van der Waals surface area contributed by atoms with E-state index in [0.717, 1.165) is 18.4 Å². The van der Waals surface area contributed by atoms with Crippen LogP contribution in [0.15, 0.2) is 64.5 Å². The number of aromatic nitrogens is 3. The Morgan fingerprint density at radius 1 is 1.08 bits per heavy atom. The quantitative estimate of drug-likeness (QED) is 0.329. The SMILES string of the molecule is Cc1cnc(-c2cccc(S(C)(=N)=O)c2F)c(F)c1-n1c(C)cc([C@H]2C[C@@H]2c2ccccn2)c(Cl)c1=O. The van der Waals surface area contributed by atoms with Crippen LogP contribution in [-0.4, -0.2) is 25.0 Å². The Kier molecular flexibility index (Phi) is 6.24. The summed E-state index contributed by atoms with van der Waals surface area (Å²) >= 11 is 6.56. The van der Waals surface area contributed by atoms with Crippen LogP contribution >= 0.6 is 11.6 Å². The van der Waals surface area contributed by atoms with Gasteiger partial charge in [-0.15, -0.1) is 0 Å². The largest absolute Gasteiger partial charge is 0.277 e. The number of halogens is 3. The Morgan fingerprint density at radius 2 is 1.84 bits per heavy atom. The van der Waals surface area contributed by atoms with E-state index in [0.29, 0.717) is 16.8 Å². The smallest absolute Gasteiger partial charge is 0.274 e. The average Bonchev–Trinajstić information content (AvgIpc) is 3.64.